The highest BCUT2D eigenvalue weighted by atomic mass is 35.5. The van der Waals surface area contributed by atoms with E-state index in [0.29, 0.717) is 0 Å². The molecule has 1 aromatic heterocycles. The van der Waals surface area contributed by atoms with Crippen molar-refractivity contribution >= 4 is 39.2 Å². The summed E-state index contributed by atoms with van der Waals surface area (Å²) in [6.45, 7) is -0.671. The number of anilines is 1. The minimum atomic E-state index is -3.84. The van der Waals surface area contributed by atoms with Gasteiger partial charge in [0.05, 0.1) is 10.7 Å². The number of sulfonamides is 1. The maximum atomic E-state index is 13.0. The number of esters is 1. The first-order valence-corrected chi connectivity index (χ1v) is 9.65. The number of amides is 1. The number of ether oxygens (including phenoxy) is 1. The third-order valence-electron chi connectivity index (χ3n) is 3.49. The van der Waals surface area contributed by atoms with Gasteiger partial charge in [-0.15, -0.1) is 0 Å². The molecule has 0 aliphatic heterocycles. The van der Waals surface area contributed by atoms with E-state index in [0.717, 1.165) is 37.1 Å². The second-order valence-electron chi connectivity index (χ2n) is 5.76. The molecule has 2 N–H and O–H groups in total. The van der Waals surface area contributed by atoms with Crippen molar-refractivity contribution in [1.82, 2.24) is 4.72 Å². The Hall–Kier alpha value is -2.43. The fraction of sp³-hybridized carbons (Fsp3) is 0.250. The first-order chi connectivity index (χ1) is 12.7. The minimum Gasteiger partial charge on any atom is -0.450 e. The van der Waals surface area contributed by atoms with Crippen LogP contribution in [0.3, 0.4) is 0 Å². The van der Waals surface area contributed by atoms with Gasteiger partial charge in [-0.25, -0.2) is 22.3 Å². The van der Waals surface area contributed by atoms with E-state index < -0.39 is 39.4 Å². The Labute approximate surface area is 158 Å². The van der Waals surface area contributed by atoms with Gasteiger partial charge in [-0.3, -0.25) is 4.79 Å². The molecule has 0 saturated heterocycles. The minimum absolute atomic E-state index is 0.0151. The largest absolute Gasteiger partial charge is 0.450 e. The van der Waals surface area contributed by atoms with Gasteiger partial charge in [0.25, 0.3) is 15.9 Å². The Bertz CT molecular complexity index is 987. The number of hydrogen-bond acceptors (Lipinski definition) is 6. The summed E-state index contributed by atoms with van der Waals surface area (Å²) < 4.78 is 49.1. The lowest BCUT2D eigenvalue weighted by atomic mass is 10.3. The zero-order valence-electron chi connectivity index (χ0n) is 13.7. The van der Waals surface area contributed by atoms with E-state index in [1.165, 1.54) is 6.07 Å². The molecule has 1 heterocycles. The molecule has 1 aromatic carbocycles. The quantitative estimate of drug-likeness (QED) is 0.669. The molecular weight excluding hydrogens is 403 g/mol. The maximum Gasteiger partial charge on any atom is 0.374 e. The van der Waals surface area contributed by atoms with Crippen molar-refractivity contribution in [2.45, 2.75) is 24.0 Å². The van der Waals surface area contributed by atoms with Crippen LogP contribution in [0.5, 0.6) is 0 Å². The molecule has 1 aliphatic carbocycles. The molecule has 27 heavy (non-hydrogen) atoms. The fourth-order valence-electron chi connectivity index (χ4n) is 2.03. The van der Waals surface area contributed by atoms with Gasteiger partial charge in [-0.2, -0.15) is 0 Å². The number of hydrogen-bond donors (Lipinski definition) is 2. The Balaban J connectivity index is 1.55. The molecule has 1 aliphatic rings. The topological polar surface area (TPSA) is 115 Å². The number of furan rings is 1. The zero-order chi connectivity index (χ0) is 19.6. The average Bonchev–Trinajstić information content (AvgIpc) is 3.24. The van der Waals surface area contributed by atoms with Crippen LogP contribution in [0.2, 0.25) is 5.02 Å². The molecule has 0 unspecified atom stereocenters. The van der Waals surface area contributed by atoms with E-state index in [1.807, 2.05) is 0 Å². The van der Waals surface area contributed by atoms with Gasteiger partial charge < -0.3 is 14.5 Å². The van der Waals surface area contributed by atoms with E-state index >= 15 is 0 Å². The molecule has 1 fully saturated rings. The van der Waals surface area contributed by atoms with Crippen LogP contribution in [-0.2, 0) is 19.6 Å². The summed E-state index contributed by atoms with van der Waals surface area (Å²) in [5.41, 5.74) is 0.150. The third kappa shape index (κ3) is 5.06. The SMILES string of the molecule is O=C(COC(=O)c1ccc(S(=O)(=O)NC2CC2)o1)Nc1ccc(F)cc1Cl. The maximum absolute atomic E-state index is 13.0. The van der Waals surface area contributed by atoms with Crippen molar-refractivity contribution in [3.63, 3.8) is 0 Å². The van der Waals surface area contributed by atoms with Gasteiger partial charge >= 0.3 is 5.97 Å². The van der Waals surface area contributed by atoms with Crippen molar-refractivity contribution in [3.8, 4) is 0 Å². The lowest BCUT2D eigenvalue weighted by Crippen LogP contribution is -2.25. The number of halogens is 2. The molecule has 0 spiro atoms. The predicted molar refractivity (Wildman–Crippen MR) is 92.4 cm³/mol. The van der Waals surface area contributed by atoms with E-state index in [2.05, 4.69) is 10.0 Å². The smallest absolute Gasteiger partial charge is 0.374 e. The molecule has 11 heteroatoms. The predicted octanol–water partition coefficient (Wildman–Crippen LogP) is 2.31. The Morgan fingerprint density at radius 2 is 2.00 bits per heavy atom. The lowest BCUT2D eigenvalue weighted by Gasteiger charge is -2.07. The first kappa shape index (κ1) is 19.3. The first-order valence-electron chi connectivity index (χ1n) is 7.79. The highest BCUT2D eigenvalue weighted by Crippen LogP contribution is 2.24. The van der Waals surface area contributed by atoms with Crippen LogP contribution >= 0.6 is 11.6 Å². The molecule has 0 radical (unpaired) electrons. The van der Waals surface area contributed by atoms with Crippen LogP contribution in [0, 0.1) is 5.82 Å². The molecular formula is C16H14ClFN2O6S. The number of carbonyl (C=O) groups excluding carboxylic acids is 2. The fourth-order valence-corrected chi connectivity index (χ4v) is 3.48. The molecule has 2 aromatic rings. The van der Waals surface area contributed by atoms with E-state index in [4.69, 9.17) is 20.8 Å². The summed E-state index contributed by atoms with van der Waals surface area (Å²) in [4.78, 5) is 23.7. The highest BCUT2D eigenvalue weighted by Gasteiger charge is 2.30. The van der Waals surface area contributed by atoms with Crippen LogP contribution in [0.15, 0.2) is 39.8 Å². The standard InChI is InChI=1S/C16H14ClFN2O6S/c17-11-7-9(18)1-4-12(11)19-14(21)8-25-16(22)13-5-6-15(26-13)27(23,24)20-10-2-3-10/h1,4-7,10,20H,2-3,8H2,(H,19,21). The normalized spacial score (nSPS) is 14.0. The molecule has 8 nitrogen and oxygen atoms in total. The summed E-state index contributed by atoms with van der Waals surface area (Å²) in [5.74, 6) is -2.65. The molecule has 1 saturated carbocycles. The second-order valence-corrected chi connectivity index (χ2v) is 7.81. The molecule has 3 rings (SSSR count). The van der Waals surface area contributed by atoms with E-state index in [-0.39, 0.29) is 22.5 Å². The molecule has 0 bridgehead atoms. The second kappa shape index (κ2) is 7.67. The number of carbonyl (C=O) groups is 2. The van der Waals surface area contributed by atoms with Gasteiger partial charge in [0.15, 0.2) is 6.61 Å². The monoisotopic (exact) mass is 416 g/mol. The Kier molecular flexibility index (Phi) is 5.49. The third-order valence-corrected chi connectivity index (χ3v) is 5.19. The van der Waals surface area contributed by atoms with Crippen molar-refractivity contribution in [3.05, 3.63) is 46.9 Å². The van der Waals surface area contributed by atoms with Gasteiger partial charge in [-0.05, 0) is 43.2 Å². The van der Waals surface area contributed by atoms with Gasteiger partial charge in [-0.1, -0.05) is 11.6 Å². The van der Waals surface area contributed by atoms with Crippen LogP contribution in [-0.4, -0.2) is 32.9 Å². The summed E-state index contributed by atoms with van der Waals surface area (Å²) in [6, 6.07) is 5.53. The van der Waals surface area contributed by atoms with Gasteiger partial charge in [0.2, 0.25) is 10.9 Å². The van der Waals surface area contributed by atoms with Gasteiger partial charge in [0, 0.05) is 6.04 Å². The summed E-state index contributed by atoms with van der Waals surface area (Å²) in [5, 5.41) is 1.92. The van der Waals surface area contributed by atoms with Crippen LogP contribution in [0.1, 0.15) is 23.4 Å². The lowest BCUT2D eigenvalue weighted by molar-refractivity contribution is -0.119. The summed E-state index contributed by atoms with van der Waals surface area (Å²) in [6.07, 6.45) is 1.50. The van der Waals surface area contributed by atoms with E-state index in [1.54, 1.807) is 0 Å². The van der Waals surface area contributed by atoms with Crippen molar-refractivity contribution < 1.29 is 31.6 Å². The Morgan fingerprint density at radius 3 is 2.67 bits per heavy atom. The average molecular weight is 417 g/mol. The van der Waals surface area contributed by atoms with Crippen LogP contribution in [0.25, 0.3) is 0 Å². The Morgan fingerprint density at radius 1 is 1.26 bits per heavy atom. The van der Waals surface area contributed by atoms with Crippen molar-refractivity contribution in [1.29, 1.82) is 0 Å². The number of rotatable bonds is 7. The van der Waals surface area contributed by atoms with Crippen molar-refractivity contribution in [2.75, 3.05) is 11.9 Å². The molecule has 1 amide bonds. The van der Waals surface area contributed by atoms with Crippen LogP contribution < -0.4 is 10.0 Å². The zero-order valence-corrected chi connectivity index (χ0v) is 15.3. The summed E-state index contributed by atoms with van der Waals surface area (Å²) >= 11 is 5.78. The van der Waals surface area contributed by atoms with Crippen molar-refractivity contribution in [2.24, 2.45) is 0 Å². The molecule has 0 atom stereocenters. The van der Waals surface area contributed by atoms with Gasteiger partial charge in [0.1, 0.15) is 5.82 Å². The van der Waals surface area contributed by atoms with E-state index in [9.17, 15) is 22.4 Å². The summed E-state index contributed by atoms with van der Waals surface area (Å²) in [7, 11) is -3.84. The number of nitrogens with one attached hydrogen (secondary N) is 2. The number of benzene rings is 1. The highest BCUT2D eigenvalue weighted by molar-refractivity contribution is 7.89. The van der Waals surface area contributed by atoms with Crippen LogP contribution in [0.4, 0.5) is 10.1 Å². The molecule has 144 valence electrons.